The van der Waals surface area contributed by atoms with Crippen molar-refractivity contribution in [1.29, 1.82) is 0 Å². The summed E-state index contributed by atoms with van der Waals surface area (Å²) in [4.78, 5) is 13.1. The molecule has 2 heterocycles. The summed E-state index contributed by atoms with van der Waals surface area (Å²) in [6, 6.07) is 16.2. The van der Waals surface area contributed by atoms with Crippen LogP contribution in [0.4, 0.5) is 4.39 Å². The first-order valence-electron chi connectivity index (χ1n) is 7.27. The zero-order chi connectivity index (χ0) is 16.0. The van der Waals surface area contributed by atoms with Crippen LogP contribution in [0.15, 0.2) is 66.7 Å². The van der Waals surface area contributed by atoms with Gasteiger partial charge in [-0.25, -0.2) is 9.18 Å². The predicted octanol–water partition coefficient (Wildman–Crippen LogP) is 4.98. The molecule has 0 spiro atoms. The number of carbonyl (C=O) groups excluding carboxylic acids is 1. The van der Waals surface area contributed by atoms with E-state index in [1.807, 2.05) is 18.2 Å². The van der Waals surface area contributed by atoms with E-state index in [1.165, 1.54) is 12.1 Å². The number of carbonyl (C=O) groups is 1. The lowest BCUT2D eigenvalue weighted by Gasteiger charge is -2.16. The minimum Gasteiger partial charge on any atom is -0.453 e. The highest BCUT2D eigenvalue weighted by Gasteiger charge is 2.41. The Morgan fingerprint density at radius 2 is 1.83 bits per heavy atom. The summed E-state index contributed by atoms with van der Waals surface area (Å²) in [7, 11) is 0. The van der Waals surface area contributed by atoms with Gasteiger partial charge in [0.15, 0.2) is 0 Å². The molecule has 2 unspecified atom stereocenters. The van der Waals surface area contributed by atoms with Gasteiger partial charge in [0.2, 0.25) is 0 Å². The van der Waals surface area contributed by atoms with Crippen molar-refractivity contribution in [2.75, 3.05) is 0 Å². The number of benzene rings is 2. The molecule has 3 aromatic rings. The van der Waals surface area contributed by atoms with E-state index in [0.29, 0.717) is 5.57 Å². The van der Waals surface area contributed by atoms with Crippen LogP contribution in [0.3, 0.4) is 0 Å². The molecule has 1 fully saturated rings. The topological polar surface area (TPSA) is 26.3 Å². The van der Waals surface area contributed by atoms with Crippen LogP contribution in [0.1, 0.15) is 22.5 Å². The zero-order valence-electron chi connectivity index (χ0n) is 12.2. The number of ether oxygens (including phenoxy) is 1. The van der Waals surface area contributed by atoms with Gasteiger partial charge in [-0.1, -0.05) is 36.9 Å². The quantitative estimate of drug-likeness (QED) is 0.491. The Bertz CT molecular complexity index is 878. The molecule has 1 aromatic heterocycles. The van der Waals surface area contributed by atoms with Crippen LogP contribution in [-0.2, 0) is 9.53 Å². The van der Waals surface area contributed by atoms with E-state index < -0.39 is 6.10 Å². The van der Waals surface area contributed by atoms with Crippen molar-refractivity contribution in [1.82, 2.24) is 0 Å². The first-order chi connectivity index (χ1) is 11.1. The Morgan fingerprint density at radius 1 is 1.09 bits per heavy atom. The second kappa shape index (κ2) is 5.32. The van der Waals surface area contributed by atoms with E-state index in [0.717, 1.165) is 20.5 Å². The third-order valence-corrected chi connectivity index (χ3v) is 5.32. The first kappa shape index (κ1) is 14.2. The molecule has 4 rings (SSSR count). The van der Waals surface area contributed by atoms with Gasteiger partial charge in [-0.2, -0.15) is 0 Å². The number of halogens is 1. The van der Waals surface area contributed by atoms with Gasteiger partial charge < -0.3 is 4.74 Å². The lowest BCUT2D eigenvalue weighted by Crippen LogP contribution is -2.05. The maximum atomic E-state index is 13.2. The number of esters is 1. The number of rotatable bonds is 2. The number of thiophene rings is 1. The number of hydrogen-bond donors (Lipinski definition) is 0. The molecule has 2 aromatic carbocycles. The van der Waals surface area contributed by atoms with Gasteiger partial charge in [0.05, 0.1) is 5.92 Å². The van der Waals surface area contributed by atoms with Crippen LogP contribution in [0.25, 0.3) is 10.1 Å². The molecule has 0 amide bonds. The van der Waals surface area contributed by atoms with Crippen molar-refractivity contribution in [3.8, 4) is 0 Å². The fourth-order valence-corrected chi connectivity index (χ4v) is 4.18. The van der Waals surface area contributed by atoms with Crippen LogP contribution in [-0.4, -0.2) is 5.97 Å². The molecule has 1 saturated heterocycles. The van der Waals surface area contributed by atoms with E-state index in [9.17, 15) is 9.18 Å². The standard InChI is InChI=1S/C19H13FO2S/c1-11-17(16-10-13-4-2-3-5-15(13)23-16)18(22-19(11)21)12-6-8-14(20)9-7-12/h2-10,17-18H,1H2. The summed E-state index contributed by atoms with van der Waals surface area (Å²) >= 11 is 1.63. The molecule has 0 aliphatic carbocycles. The van der Waals surface area contributed by atoms with Gasteiger partial charge >= 0.3 is 5.97 Å². The van der Waals surface area contributed by atoms with Gasteiger partial charge in [0, 0.05) is 15.2 Å². The van der Waals surface area contributed by atoms with Crippen molar-refractivity contribution in [2.45, 2.75) is 12.0 Å². The Hall–Kier alpha value is -2.46. The molecule has 0 radical (unpaired) electrons. The molecule has 1 aliphatic rings. The van der Waals surface area contributed by atoms with Crippen molar-refractivity contribution in [3.05, 3.63) is 83.0 Å². The summed E-state index contributed by atoms with van der Waals surface area (Å²) in [6.45, 7) is 3.91. The van der Waals surface area contributed by atoms with Crippen LogP contribution in [0.5, 0.6) is 0 Å². The molecular weight excluding hydrogens is 311 g/mol. The number of hydrogen-bond acceptors (Lipinski definition) is 3. The first-order valence-corrected chi connectivity index (χ1v) is 8.09. The van der Waals surface area contributed by atoms with Crippen molar-refractivity contribution < 1.29 is 13.9 Å². The second-order valence-corrected chi connectivity index (χ2v) is 6.68. The molecule has 114 valence electrons. The third-order valence-electron chi connectivity index (χ3n) is 4.12. The van der Waals surface area contributed by atoms with Crippen LogP contribution in [0.2, 0.25) is 0 Å². The Morgan fingerprint density at radius 3 is 2.57 bits per heavy atom. The van der Waals surface area contributed by atoms with Gasteiger partial charge in [-0.3, -0.25) is 0 Å². The Kier molecular flexibility index (Phi) is 3.27. The molecule has 23 heavy (non-hydrogen) atoms. The average Bonchev–Trinajstić information content (AvgIpc) is 3.09. The van der Waals surface area contributed by atoms with Crippen LogP contribution in [0, 0.1) is 5.82 Å². The highest BCUT2D eigenvalue weighted by molar-refractivity contribution is 7.19. The smallest absolute Gasteiger partial charge is 0.334 e. The van der Waals surface area contributed by atoms with Gasteiger partial charge in [-0.05, 0) is 35.2 Å². The average molecular weight is 324 g/mol. The maximum Gasteiger partial charge on any atom is 0.334 e. The minimum absolute atomic E-state index is 0.231. The molecule has 0 N–H and O–H groups in total. The predicted molar refractivity (Wildman–Crippen MR) is 88.9 cm³/mol. The number of cyclic esters (lactones) is 1. The Balaban J connectivity index is 1.80. The van der Waals surface area contributed by atoms with Gasteiger partial charge in [-0.15, -0.1) is 11.3 Å². The summed E-state index contributed by atoms with van der Waals surface area (Å²) in [5, 5.41) is 1.14. The normalized spacial score (nSPS) is 20.9. The van der Waals surface area contributed by atoms with Crippen molar-refractivity contribution >= 4 is 27.4 Å². The molecule has 0 saturated carbocycles. The van der Waals surface area contributed by atoms with Gasteiger partial charge in [0.25, 0.3) is 0 Å². The lowest BCUT2D eigenvalue weighted by atomic mass is 9.90. The summed E-state index contributed by atoms with van der Waals surface area (Å²) in [5.41, 5.74) is 1.23. The molecule has 0 bridgehead atoms. The van der Waals surface area contributed by atoms with Crippen molar-refractivity contribution in [2.24, 2.45) is 0 Å². The molecule has 4 heteroatoms. The van der Waals surface area contributed by atoms with Crippen molar-refractivity contribution in [3.63, 3.8) is 0 Å². The largest absolute Gasteiger partial charge is 0.453 e. The lowest BCUT2D eigenvalue weighted by molar-refractivity contribution is -0.139. The van der Waals surface area contributed by atoms with Gasteiger partial charge in [0.1, 0.15) is 11.9 Å². The second-order valence-electron chi connectivity index (χ2n) is 5.57. The number of fused-ring (bicyclic) bond motifs is 1. The van der Waals surface area contributed by atoms with E-state index in [1.54, 1.807) is 23.5 Å². The zero-order valence-corrected chi connectivity index (χ0v) is 13.0. The fraction of sp³-hybridized carbons (Fsp3) is 0.105. The third kappa shape index (κ3) is 2.35. The molecule has 2 nitrogen and oxygen atoms in total. The monoisotopic (exact) mass is 324 g/mol. The fourth-order valence-electron chi connectivity index (χ4n) is 2.96. The summed E-state index contributed by atoms with van der Waals surface area (Å²) in [6.07, 6.45) is -0.455. The Labute approximate surface area is 136 Å². The highest BCUT2D eigenvalue weighted by atomic mass is 32.1. The summed E-state index contributed by atoms with van der Waals surface area (Å²) in [5.74, 6) is -0.928. The van der Waals surface area contributed by atoms with Crippen LogP contribution < -0.4 is 0 Å². The van der Waals surface area contributed by atoms with E-state index in [2.05, 4.69) is 18.7 Å². The van der Waals surface area contributed by atoms with E-state index in [4.69, 9.17) is 4.74 Å². The maximum absolute atomic E-state index is 13.2. The summed E-state index contributed by atoms with van der Waals surface area (Å²) < 4.78 is 19.8. The SMILES string of the molecule is C=C1C(=O)OC(c2ccc(F)cc2)C1c1cc2ccccc2s1. The van der Waals surface area contributed by atoms with Crippen LogP contribution >= 0.6 is 11.3 Å². The molecule has 2 atom stereocenters. The molecular formula is C19H13FO2S. The minimum atomic E-state index is -0.455. The highest BCUT2D eigenvalue weighted by Crippen LogP contribution is 2.48. The molecule has 1 aliphatic heterocycles. The van der Waals surface area contributed by atoms with E-state index >= 15 is 0 Å². The van der Waals surface area contributed by atoms with E-state index in [-0.39, 0.29) is 17.7 Å².